The number of rotatable bonds is 3. The van der Waals surface area contributed by atoms with E-state index in [1.165, 1.54) is 6.07 Å². The molecule has 2 aliphatic heterocycles. The van der Waals surface area contributed by atoms with Gasteiger partial charge < -0.3 is 14.5 Å². The number of hydrogen-bond acceptors (Lipinski definition) is 6. The predicted molar refractivity (Wildman–Crippen MR) is 122 cm³/mol. The summed E-state index contributed by atoms with van der Waals surface area (Å²) in [6.45, 7) is 11.2. The Hall–Kier alpha value is -2.68. The first-order chi connectivity index (χ1) is 15.1. The maximum atomic E-state index is 12.3. The van der Waals surface area contributed by atoms with E-state index in [2.05, 4.69) is 9.58 Å². The molecule has 1 aromatic carbocycles. The van der Waals surface area contributed by atoms with Crippen LogP contribution in [0.5, 0.6) is 0 Å². The third-order valence-electron chi connectivity index (χ3n) is 6.62. The number of non-ortho nitro benzene ring substituents is 1. The number of benzene rings is 1. The summed E-state index contributed by atoms with van der Waals surface area (Å²) in [6.07, 6.45) is 3.74. The Bertz CT molecular complexity index is 996. The molecule has 2 aromatic rings. The van der Waals surface area contributed by atoms with Crippen LogP contribution in [0.1, 0.15) is 58.2 Å². The minimum absolute atomic E-state index is 0.104. The van der Waals surface area contributed by atoms with E-state index >= 15 is 0 Å². The fourth-order valence-corrected chi connectivity index (χ4v) is 4.92. The summed E-state index contributed by atoms with van der Waals surface area (Å²) in [5.41, 5.74) is 1.45. The molecular weight excluding hydrogens is 410 g/mol. The number of aryl methyl sites for hydroxylation is 1. The number of fused-ring (bicyclic) bond motifs is 1. The summed E-state index contributed by atoms with van der Waals surface area (Å²) < 4.78 is 7.57. The molecule has 1 amide bonds. The van der Waals surface area contributed by atoms with Gasteiger partial charge in [-0.25, -0.2) is 4.79 Å². The maximum Gasteiger partial charge on any atom is 0.410 e. The second kappa shape index (κ2) is 8.69. The van der Waals surface area contributed by atoms with Crippen molar-refractivity contribution in [1.82, 2.24) is 19.6 Å². The van der Waals surface area contributed by atoms with Crippen LogP contribution in [0.25, 0.3) is 10.9 Å². The molecular formula is C23H33N5O4. The molecule has 0 aliphatic carbocycles. The van der Waals surface area contributed by atoms with E-state index in [9.17, 15) is 14.9 Å². The van der Waals surface area contributed by atoms with E-state index < -0.39 is 5.60 Å². The van der Waals surface area contributed by atoms with Crippen molar-refractivity contribution >= 4 is 22.7 Å². The van der Waals surface area contributed by atoms with Crippen LogP contribution < -0.4 is 0 Å². The van der Waals surface area contributed by atoms with Gasteiger partial charge in [0.15, 0.2) is 0 Å². The Labute approximate surface area is 188 Å². The van der Waals surface area contributed by atoms with E-state index in [4.69, 9.17) is 9.84 Å². The molecule has 0 atom stereocenters. The fraction of sp³-hybridized carbons (Fsp3) is 0.652. The van der Waals surface area contributed by atoms with Gasteiger partial charge in [0.1, 0.15) is 5.60 Å². The molecule has 4 rings (SSSR count). The van der Waals surface area contributed by atoms with Gasteiger partial charge >= 0.3 is 6.09 Å². The van der Waals surface area contributed by atoms with Crippen LogP contribution in [0.2, 0.25) is 0 Å². The minimum atomic E-state index is -0.462. The predicted octanol–water partition coefficient (Wildman–Crippen LogP) is 4.29. The number of hydrogen-bond donors (Lipinski definition) is 0. The van der Waals surface area contributed by atoms with Crippen LogP contribution in [0.15, 0.2) is 18.2 Å². The van der Waals surface area contributed by atoms with Gasteiger partial charge in [0, 0.05) is 55.4 Å². The Balaban J connectivity index is 1.34. The molecule has 32 heavy (non-hydrogen) atoms. The molecule has 3 heterocycles. The first-order valence-electron chi connectivity index (χ1n) is 11.5. The highest BCUT2D eigenvalue weighted by molar-refractivity contribution is 5.83. The van der Waals surface area contributed by atoms with Gasteiger partial charge in [-0.15, -0.1) is 0 Å². The number of nitrogens with zero attached hydrogens (tertiary/aromatic N) is 5. The van der Waals surface area contributed by atoms with Gasteiger partial charge in [-0.2, -0.15) is 5.10 Å². The number of nitro benzene ring substituents is 1. The number of amides is 1. The molecule has 9 heteroatoms. The van der Waals surface area contributed by atoms with Gasteiger partial charge in [0.25, 0.3) is 5.69 Å². The highest BCUT2D eigenvalue weighted by Gasteiger charge is 2.32. The number of piperidine rings is 2. The largest absolute Gasteiger partial charge is 0.444 e. The summed E-state index contributed by atoms with van der Waals surface area (Å²) in [6, 6.07) is 5.69. The number of nitro groups is 1. The highest BCUT2D eigenvalue weighted by Crippen LogP contribution is 2.31. The Kier molecular flexibility index (Phi) is 6.11. The number of aromatic nitrogens is 2. The zero-order chi connectivity index (χ0) is 23.0. The van der Waals surface area contributed by atoms with Gasteiger partial charge in [0.2, 0.25) is 0 Å². The summed E-state index contributed by atoms with van der Waals surface area (Å²) in [5.74, 6) is 0. The van der Waals surface area contributed by atoms with E-state index in [1.807, 2.05) is 32.6 Å². The van der Waals surface area contributed by atoms with Crippen LogP contribution in [0.4, 0.5) is 10.5 Å². The zero-order valence-corrected chi connectivity index (χ0v) is 19.4. The molecule has 0 saturated carbocycles. The van der Waals surface area contributed by atoms with Crippen molar-refractivity contribution < 1.29 is 14.5 Å². The van der Waals surface area contributed by atoms with Crippen molar-refractivity contribution in [1.29, 1.82) is 0 Å². The standard InChI is InChI=1S/C23H33N5O4/c1-16-20-15-19(28(30)31)5-6-21(20)24-27(16)18-9-11-25(12-10-18)17-7-13-26(14-8-17)22(29)32-23(2,3)4/h5-6,15,17-18H,7-14H2,1-4H3. The van der Waals surface area contributed by atoms with E-state index in [0.29, 0.717) is 12.1 Å². The molecule has 2 fully saturated rings. The SMILES string of the molecule is Cc1c2cc([N+](=O)[O-])ccc2nn1C1CCN(C2CCN(C(=O)OC(C)(C)C)CC2)CC1. The first-order valence-corrected chi connectivity index (χ1v) is 11.5. The lowest BCUT2D eigenvalue weighted by atomic mass is 9.98. The summed E-state index contributed by atoms with van der Waals surface area (Å²) in [4.78, 5) is 27.4. The summed E-state index contributed by atoms with van der Waals surface area (Å²) >= 11 is 0. The van der Waals surface area contributed by atoms with Gasteiger partial charge in [-0.1, -0.05) is 0 Å². The average Bonchev–Trinajstić information content (AvgIpc) is 3.09. The van der Waals surface area contributed by atoms with Crippen molar-refractivity contribution in [3.8, 4) is 0 Å². The highest BCUT2D eigenvalue weighted by atomic mass is 16.6. The molecule has 1 aromatic heterocycles. The smallest absolute Gasteiger partial charge is 0.410 e. The molecule has 2 aliphatic rings. The van der Waals surface area contributed by atoms with Crippen LogP contribution in [0, 0.1) is 17.0 Å². The Morgan fingerprint density at radius 3 is 2.31 bits per heavy atom. The van der Waals surface area contributed by atoms with Crippen LogP contribution in [0.3, 0.4) is 0 Å². The molecule has 0 N–H and O–H groups in total. The van der Waals surface area contributed by atoms with Crippen LogP contribution in [-0.4, -0.2) is 68.4 Å². The molecule has 9 nitrogen and oxygen atoms in total. The Morgan fingerprint density at radius 1 is 1.09 bits per heavy atom. The van der Waals surface area contributed by atoms with Gasteiger partial charge in [0.05, 0.1) is 16.5 Å². The topological polar surface area (TPSA) is 93.7 Å². The third kappa shape index (κ3) is 4.72. The average molecular weight is 444 g/mol. The van der Waals surface area contributed by atoms with Gasteiger partial charge in [-0.3, -0.25) is 14.8 Å². The number of carbonyl (C=O) groups is 1. The van der Waals surface area contributed by atoms with E-state index in [-0.39, 0.29) is 16.7 Å². The first kappa shape index (κ1) is 22.5. The molecule has 0 radical (unpaired) electrons. The molecule has 2 saturated heterocycles. The normalized spacial score (nSPS) is 19.4. The number of ether oxygens (including phenoxy) is 1. The molecule has 0 spiro atoms. The van der Waals surface area contributed by atoms with Crippen molar-refractivity contribution in [2.45, 2.75) is 71.1 Å². The lowest BCUT2D eigenvalue weighted by Gasteiger charge is -2.42. The minimum Gasteiger partial charge on any atom is -0.444 e. The van der Waals surface area contributed by atoms with Crippen molar-refractivity contribution in [2.75, 3.05) is 26.2 Å². The van der Waals surface area contributed by atoms with Crippen LogP contribution in [-0.2, 0) is 4.74 Å². The van der Waals surface area contributed by atoms with Crippen molar-refractivity contribution in [3.63, 3.8) is 0 Å². The van der Waals surface area contributed by atoms with Gasteiger partial charge in [-0.05, 0) is 59.4 Å². The van der Waals surface area contributed by atoms with Crippen molar-refractivity contribution in [2.24, 2.45) is 0 Å². The Morgan fingerprint density at radius 2 is 1.72 bits per heavy atom. The lowest BCUT2D eigenvalue weighted by molar-refractivity contribution is -0.384. The lowest BCUT2D eigenvalue weighted by Crippen LogP contribution is -2.50. The van der Waals surface area contributed by atoms with E-state index in [0.717, 1.165) is 68.5 Å². The second-order valence-corrected chi connectivity index (χ2v) is 9.95. The third-order valence-corrected chi connectivity index (χ3v) is 6.62. The molecule has 0 unspecified atom stereocenters. The fourth-order valence-electron chi connectivity index (χ4n) is 4.92. The molecule has 0 bridgehead atoms. The molecule has 174 valence electrons. The summed E-state index contributed by atoms with van der Waals surface area (Å²) in [7, 11) is 0. The second-order valence-electron chi connectivity index (χ2n) is 9.95. The summed E-state index contributed by atoms with van der Waals surface area (Å²) in [5, 5.41) is 16.7. The van der Waals surface area contributed by atoms with E-state index in [1.54, 1.807) is 12.1 Å². The maximum absolute atomic E-state index is 12.3. The zero-order valence-electron chi connectivity index (χ0n) is 19.4. The van der Waals surface area contributed by atoms with Crippen LogP contribution >= 0.6 is 0 Å². The number of carbonyl (C=O) groups excluding carboxylic acids is 1. The monoisotopic (exact) mass is 443 g/mol. The number of likely N-dealkylation sites (tertiary alicyclic amines) is 2. The quantitative estimate of drug-likeness (QED) is 0.519. The van der Waals surface area contributed by atoms with Crippen molar-refractivity contribution in [3.05, 3.63) is 34.0 Å².